The maximum absolute atomic E-state index is 11.0. The predicted molar refractivity (Wildman–Crippen MR) is 53.3 cm³/mol. The Bertz CT molecular complexity index is 438. The fourth-order valence-electron chi connectivity index (χ4n) is 1.19. The molecule has 2 heterocycles. The number of carbonyl (C=O) groups is 2. The van der Waals surface area contributed by atoms with Gasteiger partial charge in [-0.05, 0) is 0 Å². The van der Waals surface area contributed by atoms with Crippen molar-refractivity contribution in [3.8, 4) is 0 Å². The van der Waals surface area contributed by atoms with Gasteiger partial charge < -0.3 is 11.5 Å². The van der Waals surface area contributed by atoms with Gasteiger partial charge in [-0.25, -0.2) is 20.3 Å². The first-order valence-corrected chi connectivity index (χ1v) is 4.25. The van der Waals surface area contributed by atoms with Crippen molar-refractivity contribution in [1.82, 2.24) is 15.8 Å². The molecule has 1 radical (unpaired) electrons. The molecular weight excluding hydrogens is 214 g/mol. The molecule has 9 heteroatoms. The van der Waals surface area contributed by atoms with Gasteiger partial charge in [-0.15, -0.1) is 0 Å². The smallest absolute Gasteiger partial charge is 0.269 e. The lowest BCUT2D eigenvalue weighted by Gasteiger charge is -2.20. The van der Waals surface area contributed by atoms with Crippen LogP contribution in [0.25, 0.3) is 0 Å². The molecule has 0 saturated carbocycles. The summed E-state index contributed by atoms with van der Waals surface area (Å²) in [4.78, 5) is 29.4. The zero-order valence-electron chi connectivity index (χ0n) is 7.99. The second-order valence-corrected chi connectivity index (χ2v) is 2.97. The lowest BCUT2D eigenvalue weighted by molar-refractivity contribution is -0.121. The highest BCUT2D eigenvalue weighted by Crippen LogP contribution is 2.09. The number of primary amides is 2. The van der Waals surface area contributed by atoms with Crippen molar-refractivity contribution in [2.45, 2.75) is 6.17 Å². The molecule has 1 atom stereocenters. The predicted octanol–water partition coefficient (Wildman–Crippen LogP) is -3.05. The molecule has 2 amide bonds. The number of nitrogens with one attached hydrogen (secondary N) is 1. The van der Waals surface area contributed by atoms with E-state index >= 15 is 0 Å². The first-order valence-electron chi connectivity index (χ1n) is 4.25. The second-order valence-electron chi connectivity index (χ2n) is 2.97. The minimum absolute atomic E-state index is 0.00641. The van der Waals surface area contributed by atoms with Crippen LogP contribution in [0.15, 0.2) is 21.9 Å². The van der Waals surface area contributed by atoms with Gasteiger partial charge in [-0.2, -0.15) is 0 Å². The largest absolute Gasteiger partial charge is 0.366 e. The minimum Gasteiger partial charge on any atom is -0.366 e. The standard InChI is InChI=1S/C7H8N7O2/c8-4(15)3-1-10-7(13-3)14-6(5(9)16)11-2-12-14/h1-2,6H,(H2,8,15)(H2,9,16)(H,11,12). The van der Waals surface area contributed by atoms with Crippen molar-refractivity contribution < 1.29 is 9.59 Å². The summed E-state index contributed by atoms with van der Waals surface area (Å²) in [6, 6.07) is 0. The summed E-state index contributed by atoms with van der Waals surface area (Å²) >= 11 is 0. The van der Waals surface area contributed by atoms with E-state index in [1.165, 1.54) is 17.5 Å². The number of hydrogen-bond donors (Lipinski definition) is 3. The number of carbonyl (C=O) groups excluding carboxylic acids is 2. The summed E-state index contributed by atoms with van der Waals surface area (Å²) in [5, 5.41) is 5.05. The van der Waals surface area contributed by atoms with Crippen LogP contribution in [0.5, 0.6) is 0 Å². The molecule has 2 aliphatic rings. The number of hydrazine groups is 1. The van der Waals surface area contributed by atoms with Crippen LogP contribution in [-0.4, -0.2) is 35.3 Å². The third kappa shape index (κ3) is 1.54. The Labute approximate surface area is 89.9 Å². The van der Waals surface area contributed by atoms with Crippen LogP contribution in [0.4, 0.5) is 0 Å². The molecule has 0 aliphatic carbocycles. The Kier molecular flexibility index (Phi) is 2.20. The van der Waals surface area contributed by atoms with Gasteiger partial charge in [0, 0.05) is 0 Å². The molecular formula is C7H8N7O2. The summed E-state index contributed by atoms with van der Waals surface area (Å²) < 4.78 is 0. The van der Waals surface area contributed by atoms with Gasteiger partial charge in [0.05, 0.1) is 6.20 Å². The van der Waals surface area contributed by atoms with Crippen molar-refractivity contribution >= 4 is 24.1 Å². The van der Waals surface area contributed by atoms with E-state index in [1.54, 1.807) is 0 Å². The molecule has 0 aromatic heterocycles. The molecule has 1 unspecified atom stereocenters. The summed E-state index contributed by atoms with van der Waals surface area (Å²) in [5.41, 5.74) is 12.8. The molecule has 0 aromatic carbocycles. The van der Waals surface area contributed by atoms with Crippen molar-refractivity contribution in [1.29, 1.82) is 0 Å². The average molecular weight is 222 g/mol. The van der Waals surface area contributed by atoms with Crippen LogP contribution in [-0.2, 0) is 9.59 Å². The average Bonchev–Trinajstić information content (AvgIpc) is 2.86. The minimum atomic E-state index is -0.928. The quantitative estimate of drug-likeness (QED) is 0.456. The Balaban J connectivity index is 2.07. The summed E-state index contributed by atoms with van der Waals surface area (Å²) in [5.74, 6) is -1.25. The van der Waals surface area contributed by atoms with Crippen LogP contribution in [0.3, 0.4) is 0 Å². The van der Waals surface area contributed by atoms with Gasteiger partial charge in [0.15, 0.2) is 0 Å². The molecule has 16 heavy (non-hydrogen) atoms. The summed E-state index contributed by atoms with van der Waals surface area (Å²) in [7, 11) is 0. The van der Waals surface area contributed by atoms with Crippen molar-refractivity contribution in [3.63, 3.8) is 0 Å². The van der Waals surface area contributed by atoms with Gasteiger partial charge in [0.25, 0.3) is 11.8 Å². The molecule has 0 spiro atoms. The number of nitrogens with zero attached hydrogens (tertiary/aromatic N) is 4. The fraction of sp³-hybridized carbons (Fsp3) is 0.143. The molecule has 5 N–H and O–H groups in total. The number of amides is 2. The van der Waals surface area contributed by atoms with E-state index < -0.39 is 18.0 Å². The zero-order chi connectivity index (χ0) is 11.7. The molecule has 0 aromatic rings. The van der Waals surface area contributed by atoms with E-state index in [2.05, 4.69) is 20.7 Å². The van der Waals surface area contributed by atoms with Crippen LogP contribution in [0.1, 0.15) is 0 Å². The van der Waals surface area contributed by atoms with E-state index in [0.717, 1.165) is 0 Å². The van der Waals surface area contributed by atoms with Crippen molar-refractivity contribution in [3.05, 3.63) is 11.9 Å². The highest BCUT2D eigenvalue weighted by molar-refractivity contribution is 6.01. The highest BCUT2D eigenvalue weighted by Gasteiger charge is 2.32. The SMILES string of the molecule is NC(=O)C1=CN=C(N2NC=NC2C(N)=O)[N]1. The van der Waals surface area contributed by atoms with Gasteiger partial charge in [0.1, 0.15) is 12.0 Å². The van der Waals surface area contributed by atoms with Crippen LogP contribution >= 0.6 is 0 Å². The number of guanidine groups is 1. The lowest BCUT2D eigenvalue weighted by Crippen LogP contribution is -2.51. The molecule has 2 rings (SSSR count). The third-order valence-electron chi connectivity index (χ3n) is 1.90. The number of nitrogens with two attached hydrogens (primary N) is 2. The van der Waals surface area contributed by atoms with Crippen LogP contribution < -0.4 is 22.2 Å². The van der Waals surface area contributed by atoms with Crippen molar-refractivity contribution in [2.75, 3.05) is 0 Å². The van der Waals surface area contributed by atoms with E-state index in [4.69, 9.17) is 11.5 Å². The van der Waals surface area contributed by atoms with E-state index in [-0.39, 0.29) is 11.7 Å². The fourth-order valence-corrected chi connectivity index (χ4v) is 1.19. The van der Waals surface area contributed by atoms with Crippen LogP contribution in [0.2, 0.25) is 0 Å². The number of hydrogen-bond acceptors (Lipinski definition) is 6. The molecule has 2 aliphatic heterocycles. The molecule has 83 valence electrons. The Morgan fingerprint density at radius 1 is 1.44 bits per heavy atom. The van der Waals surface area contributed by atoms with Crippen LogP contribution in [0, 0.1) is 0 Å². The first-order chi connectivity index (χ1) is 7.59. The maximum Gasteiger partial charge on any atom is 0.269 e. The summed E-state index contributed by atoms with van der Waals surface area (Å²) in [6.45, 7) is 0. The second kappa shape index (κ2) is 3.53. The van der Waals surface area contributed by atoms with E-state index in [1.807, 2.05) is 0 Å². The lowest BCUT2D eigenvalue weighted by atomic mass is 10.4. The highest BCUT2D eigenvalue weighted by atomic mass is 16.2. The number of aliphatic imine (C=N–C) groups is 2. The normalized spacial score (nSPS) is 22.2. The van der Waals surface area contributed by atoms with Crippen molar-refractivity contribution in [2.24, 2.45) is 21.5 Å². The molecule has 0 bridgehead atoms. The molecule has 9 nitrogen and oxygen atoms in total. The maximum atomic E-state index is 11.0. The Hall–Kier alpha value is -2.58. The Morgan fingerprint density at radius 2 is 2.19 bits per heavy atom. The Morgan fingerprint density at radius 3 is 2.75 bits per heavy atom. The topological polar surface area (TPSA) is 140 Å². The monoisotopic (exact) mass is 222 g/mol. The van der Waals surface area contributed by atoms with Gasteiger partial charge >= 0.3 is 0 Å². The zero-order valence-corrected chi connectivity index (χ0v) is 7.99. The molecule has 0 saturated heterocycles. The van der Waals surface area contributed by atoms with Gasteiger partial charge in [0.2, 0.25) is 12.1 Å². The molecule has 0 fully saturated rings. The van der Waals surface area contributed by atoms with Gasteiger partial charge in [-0.1, -0.05) is 0 Å². The third-order valence-corrected chi connectivity index (χ3v) is 1.90. The van der Waals surface area contributed by atoms with E-state index in [0.29, 0.717) is 0 Å². The summed E-state index contributed by atoms with van der Waals surface area (Å²) in [6.07, 6.45) is 1.56. The van der Waals surface area contributed by atoms with Gasteiger partial charge in [-0.3, -0.25) is 15.0 Å². The number of rotatable bonds is 2. The van der Waals surface area contributed by atoms with E-state index in [9.17, 15) is 9.59 Å². The first kappa shape index (κ1) is 9.96.